The van der Waals surface area contributed by atoms with E-state index in [4.69, 9.17) is 14.2 Å². The van der Waals surface area contributed by atoms with E-state index in [0.717, 1.165) is 63.5 Å². The summed E-state index contributed by atoms with van der Waals surface area (Å²) in [6, 6.07) is 25.1. The first-order valence-electron chi connectivity index (χ1n) is 19.4. The van der Waals surface area contributed by atoms with Crippen LogP contribution in [0.3, 0.4) is 0 Å². The third kappa shape index (κ3) is 7.35. The van der Waals surface area contributed by atoms with Crippen LogP contribution in [0, 0.1) is 11.2 Å². The highest BCUT2D eigenvalue weighted by Crippen LogP contribution is 2.53. The predicted octanol–water partition coefficient (Wildman–Crippen LogP) is 8.64. The van der Waals surface area contributed by atoms with Gasteiger partial charge < -0.3 is 29.2 Å². The van der Waals surface area contributed by atoms with Gasteiger partial charge in [-0.1, -0.05) is 50.2 Å². The van der Waals surface area contributed by atoms with Gasteiger partial charge in [0.25, 0.3) is 5.88 Å². The molecule has 2 saturated heterocycles. The Kier molecular flexibility index (Phi) is 10.2. The van der Waals surface area contributed by atoms with Crippen molar-refractivity contribution in [3.05, 3.63) is 107 Å². The number of nitrogens with one attached hydrogen (secondary N) is 1. The van der Waals surface area contributed by atoms with Gasteiger partial charge in [0, 0.05) is 75.4 Å². The van der Waals surface area contributed by atoms with E-state index in [2.05, 4.69) is 87.0 Å². The minimum Gasteiger partial charge on any atom is -0.497 e. The molecule has 1 spiro atoms. The second-order valence-electron chi connectivity index (χ2n) is 15.8. The van der Waals surface area contributed by atoms with Gasteiger partial charge in [-0.2, -0.15) is 4.98 Å². The zero-order chi connectivity index (χ0) is 38.3. The molecule has 3 aliphatic rings. The average Bonchev–Trinajstić information content (AvgIpc) is 3.55. The Balaban J connectivity index is 0.958. The van der Waals surface area contributed by atoms with Crippen molar-refractivity contribution < 1.29 is 28.5 Å². The van der Waals surface area contributed by atoms with Gasteiger partial charge in [0.1, 0.15) is 28.5 Å². The molecule has 2 N–H and O–H groups in total. The second-order valence-corrected chi connectivity index (χ2v) is 15.8. The van der Waals surface area contributed by atoms with Crippen molar-refractivity contribution in [1.82, 2.24) is 19.8 Å². The zero-order valence-corrected chi connectivity index (χ0v) is 32.1. The van der Waals surface area contributed by atoms with E-state index in [1.165, 1.54) is 48.9 Å². The van der Waals surface area contributed by atoms with E-state index in [1.807, 2.05) is 6.07 Å². The number of halogens is 1. The Bertz CT molecular complexity index is 2150. The normalized spacial score (nSPS) is 19.2. The van der Waals surface area contributed by atoms with Gasteiger partial charge in [-0.3, -0.25) is 9.80 Å². The maximum absolute atomic E-state index is 14.4. The van der Waals surface area contributed by atoms with Crippen molar-refractivity contribution in [2.75, 3.05) is 51.8 Å². The summed E-state index contributed by atoms with van der Waals surface area (Å²) in [5, 5.41) is 10.2. The Morgan fingerprint density at radius 2 is 1.73 bits per heavy atom. The SMILES string of the molecule is COc1ccc(CN2CCN(C3CC4(CCN(c5ccc(C(=O)O)c(Oc6cc7c(F)c[nH]c7nc6OC)c5)CC4)C3)[C@H](c3ccccc3C(C)C)C2)cc1. The molecule has 1 saturated carbocycles. The van der Waals surface area contributed by atoms with Crippen LogP contribution in [0.2, 0.25) is 0 Å². The molecule has 2 aromatic heterocycles. The van der Waals surface area contributed by atoms with E-state index in [0.29, 0.717) is 29.1 Å². The van der Waals surface area contributed by atoms with Crippen LogP contribution < -0.4 is 19.1 Å². The number of aromatic carboxylic acids is 1. The monoisotopic (exact) mass is 747 g/mol. The van der Waals surface area contributed by atoms with Gasteiger partial charge in [-0.15, -0.1) is 0 Å². The summed E-state index contributed by atoms with van der Waals surface area (Å²) in [6.07, 6.45) is 5.75. The third-order valence-electron chi connectivity index (χ3n) is 12.2. The topological polar surface area (TPSA) is 103 Å². The highest BCUT2D eigenvalue weighted by atomic mass is 19.1. The van der Waals surface area contributed by atoms with Crippen molar-refractivity contribution >= 4 is 22.7 Å². The first kappa shape index (κ1) is 36.8. The van der Waals surface area contributed by atoms with Crippen LogP contribution in [0.25, 0.3) is 11.0 Å². The van der Waals surface area contributed by atoms with Crippen LogP contribution in [-0.4, -0.2) is 83.8 Å². The van der Waals surface area contributed by atoms with Crippen molar-refractivity contribution in [3.8, 4) is 23.1 Å². The highest BCUT2D eigenvalue weighted by molar-refractivity contribution is 5.92. The lowest BCUT2D eigenvalue weighted by atomic mass is 9.59. The molecule has 1 atom stereocenters. The lowest BCUT2D eigenvalue weighted by Crippen LogP contribution is -2.60. The van der Waals surface area contributed by atoms with Gasteiger partial charge in [-0.25, -0.2) is 9.18 Å². The van der Waals surface area contributed by atoms with Gasteiger partial charge in [-0.05, 0) is 78.0 Å². The van der Waals surface area contributed by atoms with Crippen LogP contribution in [0.5, 0.6) is 23.1 Å². The summed E-state index contributed by atoms with van der Waals surface area (Å²) < 4.78 is 31.4. The third-order valence-corrected chi connectivity index (χ3v) is 12.2. The number of piperidine rings is 1. The van der Waals surface area contributed by atoms with Gasteiger partial charge >= 0.3 is 5.97 Å². The van der Waals surface area contributed by atoms with Crippen LogP contribution in [0.15, 0.2) is 79.0 Å². The fourth-order valence-corrected chi connectivity index (χ4v) is 9.15. The molecule has 3 aromatic carbocycles. The van der Waals surface area contributed by atoms with Crippen LogP contribution in [0.4, 0.5) is 10.1 Å². The zero-order valence-electron chi connectivity index (χ0n) is 32.1. The maximum atomic E-state index is 14.4. The molecule has 4 heterocycles. The Morgan fingerprint density at radius 1 is 0.964 bits per heavy atom. The largest absolute Gasteiger partial charge is 0.497 e. The number of piperazine rings is 1. The van der Waals surface area contributed by atoms with E-state index in [1.54, 1.807) is 19.2 Å². The van der Waals surface area contributed by atoms with E-state index in [-0.39, 0.29) is 28.3 Å². The number of aromatic nitrogens is 2. The van der Waals surface area contributed by atoms with Gasteiger partial charge in [0.05, 0.1) is 19.6 Å². The first-order valence-corrected chi connectivity index (χ1v) is 19.4. The van der Waals surface area contributed by atoms with Gasteiger partial charge in [0.2, 0.25) is 0 Å². The number of carboxylic acid groups (broad SMARTS) is 1. The molecule has 55 heavy (non-hydrogen) atoms. The average molecular weight is 748 g/mol. The summed E-state index contributed by atoms with van der Waals surface area (Å²) in [6.45, 7) is 10.4. The fraction of sp³-hybridized carbons (Fsp3) is 0.409. The first-order chi connectivity index (χ1) is 26.6. The molecule has 288 valence electrons. The minimum absolute atomic E-state index is 0.00782. The Labute approximate surface area is 321 Å². The molecule has 0 radical (unpaired) electrons. The number of methoxy groups -OCH3 is 2. The number of fused-ring (bicyclic) bond motifs is 1. The molecule has 0 unspecified atom stereocenters. The lowest BCUT2D eigenvalue weighted by Gasteiger charge is -2.58. The second kappa shape index (κ2) is 15.2. The molecule has 0 bridgehead atoms. The number of rotatable bonds is 11. The smallest absolute Gasteiger partial charge is 0.339 e. The standard InChI is InChI=1S/C44H50FN5O5/c1-28(2)33-7-5-6-8-34(33)38-27-48(26-29-9-12-32(53-3)13-10-29)19-20-50(38)31-23-44(24-31)15-17-49(18-16-44)30-11-14-35(43(51)52)39(21-30)55-40-22-36-37(45)25-46-41(36)47-42(40)54-4/h5-14,21-22,25,28,31,38H,15-20,23-24,26-27H2,1-4H3,(H,46,47)(H,51,52)/t38-/m0/s1. The van der Waals surface area contributed by atoms with Crippen LogP contribution >= 0.6 is 0 Å². The molecule has 2 aliphatic heterocycles. The summed E-state index contributed by atoms with van der Waals surface area (Å²) in [7, 11) is 3.15. The molecular formula is C44H50FN5O5. The molecule has 11 heteroatoms. The molecular weight excluding hydrogens is 698 g/mol. The summed E-state index contributed by atoms with van der Waals surface area (Å²) >= 11 is 0. The van der Waals surface area contributed by atoms with Gasteiger partial charge in [0.15, 0.2) is 5.75 Å². The molecule has 5 aromatic rings. The number of H-pyrrole nitrogens is 1. The van der Waals surface area contributed by atoms with E-state index in [9.17, 15) is 14.3 Å². The number of nitrogens with zero attached hydrogens (tertiary/aromatic N) is 4. The quantitative estimate of drug-likeness (QED) is 0.138. The highest BCUT2D eigenvalue weighted by Gasteiger charge is 2.50. The molecule has 3 fully saturated rings. The number of benzene rings is 3. The molecule has 10 nitrogen and oxygen atoms in total. The van der Waals surface area contributed by atoms with Crippen molar-refractivity contribution in [2.45, 2.75) is 64.1 Å². The number of aromatic amines is 1. The van der Waals surface area contributed by atoms with E-state index < -0.39 is 11.8 Å². The Hall–Kier alpha value is -5.13. The maximum Gasteiger partial charge on any atom is 0.339 e. The number of pyridine rings is 1. The number of carbonyl (C=O) groups is 1. The Morgan fingerprint density at radius 3 is 2.44 bits per heavy atom. The van der Waals surface area contributed by atoms with Crippen molar-refractivity contribution in [1.29, 1.82) is 0 Å². The minimum atomic E-state index is -1.11. The van der Waals surface area contributed by atoms with Crippen LogP contribution in [0.1, 0.15) is 78.5 Å². The summed E-state index contributed by atoms with van der Waals surface area (Å²) in [5.41, 5.74) is 5.73. The molecule has 1 aliphatic carbocycles. The van der Waals surface area contributed by atoms with Crippen LogP contribution in [-0.2, 0) is 6.54 Å². The molecule has 8 rings (SSSR count). The lowest BCUT2D eigenvalue weighted by molar-refractivity contribution is -0.0628. The van der Waals surface area contributed by atoms with Crippen molar-refractivity contribution in [2.24, 2.45) is 5.41 Å². The van der Waals surface area contributed by atoms with Crippen molar-refractivity contribution in [3.63, 3.8) is 0 Å². The molecule has 0 amide bonds. The number of carboxylic acids is 1. The fourth-order valence-electron chi connectivity index (χ4n) is 9.15. The van der Waals surface area contributed by atoms with E-state index >= 15 is 0 Å². The number of hydrogen-bond acceptors (Lipinski definition) is 8. The number of anilines is 1. The summed E-state index contributed by atoms with van der Waals surface area (Å²) in [4.78, 5) is 27.1. The predicted molar refractivity (Wildman–Crippen MR) is 211 cm³/mol. The number of ether oxygens (including phenoxy) is 3. The summed E-state index contributed by atoms with van der Waals surface area (Å²) in [5.74, 6) is 0.166. The number of hydrogen-bond donors (Lipinski definition) is 2.